The second-order valence-corrected chi connectivity index (χ2v) is 17.8. The van der Waals surface area contributed by atoms with Crippen LogP contribution in [0.5, 0.6) is 0 Å². The third kappa shape index (κ3) is 5.84. The van der Waals surface area contributed by atoms with Crippen LogP contribution in [0, 0.1) is 5.41 Å². The predicted octanol–water partition coefficient (Wildman–Crippen LogP) is 16.3. The van der Waals surface area contributed by atoms with E-state index in [2.05, 4.69) is 234 Å². The Hall–Kier alpha value is -6.64. The highest BCUT2D eigenvalue weighted by Gasteiger charge is 2.57. The number of rotatable bonds is 7. The van der Waals surface area contributed by atoms with Gasteiger partial charge < -0.3 is 9.32 Å². The van der Waals surface area contributed by atoms with Crippen molar-refractivity contribution in [1.29, 1.82) is 0 Å². The van der Waals surface area contributed by atoms with Gasteiger partial charge in [-0.05, 0) is 133 Å². The first-order chi connectivity index (χ1) is 28.5. The lowest BCUT2D eigenvalue weighted by molar-refractivity contribution is 0.125. The molecule has 1 aliphatic rings. The summed E-state index contributed by atoms with van der Waals surface area (Å²) < 4.78 is 6.45. The number of nitrogens with zero attached hydrogens (tertiary/aromatic N) is 1. The predicted molar refractivity (Wildman–Crippen MR) is 250 cm³/mol. The summed E-state index contributed by atoms with van der Waals surface area (Å²) in [6.45, 7) is 14.6. The first-order valence-corrected chi connectivity index (χ1v) is 20.8. The highest BCUT2D eigenvalue weighted by molar-refractivity contribution is 6.13. The molecule has 1 aliphatic carbocycles. The number of furan rings is 1. The summed E-state index contributed by atoms with van der Waals surface area (Å²) in [5, 5.41) is 2.31. The normalized spacial score (nSPS) is 15.0. The van der Waals surface area contributed by atoms with E-state index in [1.54, 1.807) is 0 Å². The average molecular weight is 764 g/mol. The quantitative estimate of drug-likeness (QED) is 0.161. The fraction of sp³-hybridized carbons (Fsp3) is 0.158. The number of hydrogen-bond acceptors (Lipinski definition) is 2. The topological polar surface area (TPSA) is 16.4 Å². The van der Waals surface area contributed by atoms with Crippen LogP contribution in [0.4, 0.5) is 17.1 Å². The molecule has 288 valence electrons. The van der Waals surface area contributed by atoms with E-state index in [9.17, 15) is 0 Å². The van der Waals surface area contributed by atoms with Gasteiger partial charge in [0.15, 0.2) is 0 Å². The molecule has 2 heteroatoms. The minimum absolute atomic E-state index is 0.0290. The minimum Gasteiger partial charge on any atom is -0.456 e. The van der Waals surface area contributed by atoms with Crippen LogP contribution in [0.3, 0.4) is 0 Å². The van der Waals surface area contributed by atoms with E-state index in [0.717, 1.165) is 33.6 Å². The molecule has 10 rings (SSSR count). The van der Waals surface area contributed by atoms with Gasteiger partial charge in [0.05, 0.1) is 0 Å². The largest absolute Gasteiger partial charge is 0.456 e. The van der Waals surface area contributed by atoms with Crippen LogP contribution in [0.15, 0.2) is 192 Å². The van der Waals surface area contributed by atoms with E-state index >= 15 is 0 Å². The van der Waals surface area contributed by atoms with Gasteiger partial charge in [-0.1, -0.05) is 169 Å². The molecule has 0 unspecified atom stereocenters. The second-order valence-electron chi connectivity index (χ2n) is 17.8. The summed E-state index contributed by atoms with van der Waals surface area (Å²) in [7, 11) is 0. The zero-order valence-electron chi connectivity index (χ0n) is 34.8. The lowest BCUT2D eigenvalue weighted by Gasteiger charge is -2.44. The third-order valence-corrected chi connectivity index (χ3v) is 14.2. The van der Waals surface area contributed by atoms with Gasteiger partial charge >= 0.3 is 0 Å². The molecule has 0 bridgehead atoms. The monoisotopic (exact) mass is 763 g/mol. The van der Waals surface area contributed by atoms with Crippen molar-refractivity contribution in [1.82, 2.24) is 0 Å². The number of fused-ring (bicyclic) bond motifs is 4. The molecule has 59 heavy (non-hydrogen) atoms. The molecule has 0 aliphatic heterocycles. The molecule has 0 fully saturated rings. The van der Waals surface area contributed by atoms with Gasteiger partial charge in [0.1, 0.15) is 11.2 Å². The van der Waals surface area contributed by atoms with Crippen molar-refractivity contribution in [3.63, 3.8) is 0 Å². The maximum Gasteiger partial charge on any atom is 0.136 e. The Morgan fingerprint density at radius 3 is 1.49 bits per heavy atom. The van der Waals surface area contributed by atoms with E-state index in [0.29, 0.717) is 0 Å². The smallest absolute Gasteiger partial charge is 0.136 e. The number of benzene rings is 8. The van der Waals surface area contributed by atoms with Gasteiger partial charge in [0, 0.05) is 27.8 Å². The summed E-state index contributed by atoms with van der Waals surface area (Å²) in [5.41, 5.74) is 17.6. The molecule has 8 aromatic carbocycles. The molecule has 0 saturated carbocycles. The lowest BCUT2D eigenvalue weighted by Crippen LogP contribution is -2.42. The Morgan fingerprint density at radius 1 is 0.356 bits per heavy atom. The van der Waals surface area contributed by atoms with Crippen LogP contribution in [0.25, 0.3) is 66.4 Å². The van der Waals surface area contributed by atoms with Crippen molar-refractivity contribution in [3.05, 3.63) is 199 Å². The van der Waals surface area contributed by atoms with Crippen LogP contribution in [0.1, 0.15) is 52.7 Å². The zero-order chi connectivity index (χ0) is 40.5. The Morgan fingerprint density at radius 2 is 0.847 bits per heavy atom. The standard InChI is InChI=1S/C57H49NO/c1-55(2)50-36-48(49(37-51(50)56(3,4)57(55,5)6)46-24-16-26-53-54(46)47-23-13-14-25-52(47)59-53)41-29-33-44(34-30-41)58(43-31-27-40(28-32-43)38-17-9-7-10-18-38)45-22-15-21-42(35-45)39-19-11-8-12-20-39/h7-37H,1-6H3. The Balaban J connectivity index is 1.15. The molecule has 2 nitrogen and oxygen atoms in total. The van der Waals surface area contributed by atoms with Crippen molar-refractivity contribution < 1.29 is 4.42 Å². The Labute approximate surface area is 348 Å². The molecule has 1 heterocycles. The molecule has 0 spiro atoms. The summed E-state index contributed by atoms with van der Waals surface area (Å²) in [6.07, 6.45) is 0. The van der Waals surface area contributed by atoms with E-state index in [4.69, 9.17) is 4.42 Å². The maximum atomic E-state index is 6.45. The zero-order valence-corrected chi connectivity index (χ0v) is 34.8. The molecule has 1 aromatic heterocycles. The van der Waals surface area contributed by atoms with Crippen molar-refractivity contribution in [2.24, 2.45) is 5.41 Å². The molecule has 0 radical (unpaired) electrons. The van der Waals surface area contributed by atoms with Crippen molar-refractivity contribution in [3.8, 4) is 44.5 Å². The SMILES string of the molecule is CC1(C)c2cc(-c3ccc(N(c4ccc(-c5ccccc5)cc4)c4cccc(-c5ccccc5)c4)cc3)c(-c3cccc4oc5ccccc5c34)cc2C(C)(C)C1(C)C. The number of anilines is 3. The van der Waals surface area contributed by atoms with Gasteiger partial charge in [0.25, 0.3) is 0 Å². The molecule has 0 N–H and O–H groups in total. The highest BCUT2D eigenvalue weighted by atomic mass is 16.3. The molecular formula is C57H49NO. The van der Waals surface area contributed by atoms with Crippen molar-refractivity contribution >= 4 is 39.0 Å². The summed E-state index contributed by atoms with van der Waals surface area (Å²) in [5.74, 6) is 0. The Bertz CT molecular complexity index is 2990. The molecule has 0 atom stereocenters. The minimum atomic E-state index is -0.0418. The van der Waals surface area contributed by atoms with Crippen LogP contribution in [-0.4, -0.2) is 0 Å². The molecule has 0 saturated heterocycles. The molecule has 0 amide bonds. The summed E-state index contributed by atoms with van der Waals surface area (Å²) in [4.78, 5) is 2.38. The van der Waals surface area contributed by atoms with Crippen molar-refractivity contribution in [2.45, 2.75) is 52.4 Å². The number of hydrogen-bond donors (Lipinski definition) is 0. The van der Waals surface area contributed by atoms with Gasteiger partial charge in [-0.25, -0.2) is 0 Å². The lowest BCUT2D eigenvalue weighted by atomic mass is 9.59. The van der Waals surface area contributed by atoms with E-state index in [1.165, 1.54) is 61.0 Å². The third-order valence-electron chi connectivity index (χ3n) is 14.2. The first-order valence-electron chi connectivity index (χ1n) is 20.8. The van der Waals surface area contributed by atoms with Crippen LogP contribution in [-0.2, 0) is 10.8 Å². The van der Waals surface area contributed by atoms with Gasteiger partial charge in [-0.3, -0.25) is 0 Å². The van der Waals surface area contributed by atoms with Gasteiger partial charge in [0.2, 0.25) is 0 Å². The van der Waals surface area contributed by atoms with Gasteiger partial charge in [-0.15, -0.1) is 0 Å². The first kappa shape index (κ1) is 36.7. The molecule has 9 aromatic rings. The van der Waals surface area contributed by atoms with Crippen LogP contribution >= 0.6 is 0 Å². The van der Waals surface area contributed by atoms with Gasteiger partial charge in [-0.2, -0.15) is 0 Å². The number of para-hydroxylation sites is 1. The average Bonchev–Trinajstić information content (AvgIpc) is 3.70. The van der Waals surface area contributed by atoms with E-state index < -0.39 is 0 Å². The van der Waals surface area contributed by atoms with E-state index in [-0.39, 0.29) is 16.2 Å². The maximum absolute atomic E-state index is 6.45. The Kier molecular flexibility index (Phi) is 8.54. The fourth-order valence-corrected chi connectivity index (χ4v) is 9.68. The second kappa shape index (κ2) is 13.7. The summed E-state index contributed by atoms with van der Waals surface area (Å²) in [6, 6.07) is 68.3. The summed E-state index contributed by atoms with van der Waals surface area (Å²) >= 11 is 0. The van der Waals surface area contributed by atoms with Crippen LogP contribution in [0.2, 0.25) is 0 Å². The highest BCUT2D eigenvalue weighted by Crippen LogP contribution is 2.63. The van der Waals surface area contributed by atoms with Crippen molar-refractivity contribution in [2.75, 3.05) is 4.90 Å². The van der Waals surface area contributed by atoms with Crippen LogP contribution < -0.4 is 4.90 Å². The van der Waals surface area contributed by atoms with E-state index in [1.807, 2.05) is 0 Å². The molecular weight excluding hydrogens is 715 g/mol. The fourth-order valence-electron chi connectivity index (χ4n) is 9.68.